The molecule has 4 nitrogen and oxygen atoms in total. The molecule has 0 spiro atoms. The smallest absolute Gasteiger partial charge is 0.228 e. The van der Waals surface area contributed by atoms with Crippen LogP contribution in [0.5, 0.6) is 0 Å². The molecule has 0 saturated carbocycles. The molecule has 2 N–H and O–H groups in total. The predicted octanol–water partition coefficient (Wildman–Crippen LogP) is 4.45. The first-order valence-electron chi connectivity index (χ1n) is 10.5. The van der Waals surface area contributed by atoms with Crippen LogP contribution in [0.25, 0.3) is 0 Å². The van der Waals surface area contributed by atoms with E-state index in [4.69, 9.17) is 0 Å². The van der Waals surface area contributed by atoms with E-state index in [1.807, 2.05) is 48.5 Å². The zero-order chi connectivity index (χ0) is 20.8. The molecule has 152 valence electrons. The number of hydrogen-bond acceptors (Lipinski definition) is 2. The monoisotopic (exact) mass is 398 g/mol. The van der Waals surface area contributed by atoms with Gasteiger partial charge in [0.15, 0.2) is 0 Å². The third kappa shape index (κ3) is 4.95. The van der Waals surface area contributed by atoms with Gasteiger partial charge in [0, 0.05) is 24.6 Å². The van der Waals surface area contributed by atoms with Crippen molar-refractivity contribution in [1.82, 2.24) is 5.32 Å². The maximum Gasteiger partial charge on any atom is 0.228 e. The lowest BCUT2D eigenvalue weighted by Gasteiger charge is -2.19. The average molecular weight is 399 g/mol. The van der Waals surface area contributed by atoms with Gasteiger partial charge < -0.3 is 10.6 Å². The quantitative estimate of drug-likeness (QED) is 0.589. The molecule has 3 aromatic rings. The van der Waals surface area contributed by atoms with Gasteiger partial charge in [-0.25, -0.2) is 0 Å². The summed E-state index contributed by atoms with van der Waals surface area (Å²) in [6.45, 7) is 0.583. The highest BCUT2D eigenvalue weighted by atomic mass is 16.2. The molecule has 2 amide bonds. The number of hydrogen-bond donors (Lipinski definition) is 2. The van der Waals surface area contributed by atoms with Gasteiger partial charge in [0.2, 0.25) is 11.8 Å². The zero-order valence-corrected chi connectivity index (χ0v) is 16.9. The van der Waals surface area contributed by atoms with Crippen molar-refractivity contribution in [3.05, 3.63) is 101 Å². The van der Waals surface area contributed by atoms with E-state index in [-0.39, 0.29) is 17.7 Å². The predicted molar refractivity (Wildman–Crippen MR) is 119 cm³/mol. The Morgan fingerprint density at radius 2 is 1.60 bits per heavy atom. The van der Waals surface area contributed by atoms with Gasteiger partial charge in [-0.1, -0.05) is 72.8 Å². The van der Waals surface area contributed by atoms with Crippen molar-refractivity contribution < 1.29 is 9.59 Å². The molecule has 0 aromatic heterocycles. The molecule has 0 bridgehead atoms. The minimum absolute atomic E-state index is 0.0490. The second-order valence-corrected chi connectivity index (χ2v) is 7.75. The maximum atomic E-state index is 12.5. The number of benzene rings is 3. The Kier molecular flexibility index (Phi) is 6.23. The normalized spacial score (nSPS) is 12.5. The molecule has 0 unspecified atom stereocenters. The molecule has 1 heterocycles. The van der Waals surface area contributed by atoms with E-state index in [0.29, 0.717) is 19.4 Å². The van der Waals surface area contributed by atoms with Crippen LogP contribution in [0.3, 0.4) is 0 Å². The molecule has 30 heavy (non-hydrogen) atoms. The number of carbonyl (C=O) groups is 2. The van der Waals surface area contributed by atoms with E-state index < -0.39 is 0 Å². The van der Waals surface area contributed by atoms with Gasteiger partial charge in [0.05, 0.1) is 6.42 Å². The number of nitrogens with one attached hydrogen (secondary N) is 2. The topological polar surface area (TPSA) is 58.2 Å². The van der Waals surface area contributed by atoms with Crippen molar-refractivity contribution in [3.63, 3.8) is 0 Å². The van der Waals surface area contributed by atoms with Crippen LogP contribution < -0.4 is 10.6 Å². The summed E-state index contributed by atoms with van der Waals surface area (Å²) in [6.07, 6.45) is 2.55. The van der Waals surface area contributed by atoms with Gasteiger partial charge in [-0.15, -0.1) is 0 Å². The summed E-state index contributed by atoms with van der Waals surface area (Å²) < 4.78 is 0. The molecular formula is C26H26N2O2. The molecule has 0 aliphatic carbocycles. The molecule has 1 aliphatic rings. The van der Waals surface area contributed by atoms with Gasteiger partial charge in [-0.2, -0.15) is 0 Å². The third-order valence-electron chi connectivity index (χ3n) is 5.57. The standard InChI is InChI=1S/C26H26N2O2/c29-25(13-7-8-19-14-15-24-22(16-19)17-26(30)28-24)27-18-23(20-9-3-1-4-10-20)21-11-5-2-6-12-21/h1-6,9-12,14-16,23H,7-8,13,17-18H2,(H,27,29)(H,28,30). The van der Waals surface area contributed by atoms with Crippen molar-refractivity contribution in [1.29, 1.82) is 0 Å². The van der Waals surface area contributed by atoms with Gasteiger partial charge >= 0.3 is 0 Å². The number of rotatable bonds is 8. The number of anilines is 1. The summed E-state index contributed by atoms with van der Waals surface area (Å²) in [7, 11) is 0. The molecule has 0 saturated heterocycles. The van der Waals surface area contributed by atoms with Crippen LogP contribution in [0.1, 0.15) is 41.0 Å². The van der Waals surface area contributed by atoms with E-state index in [2.05, 4.69) is 41.0 Å². The molecular weight excluding hydrogens is 372 g/mol. The Labute approximate surface area is 177 Å². The van der Waals surface area contributed by atoms with Crippen molar-refractivity contribution in [2.45, 2.75) is 31.6 Å². The highest BCUT2D eigenvalue weighted by Crippen LogP contribution is 2.25. The lowest BCUT2D eigenvalue weighted by molar-refractivity contribution is -0.121. The van der Waals surface area contributed by atoms with Gasteiger partial charge in [-0.05, 0) is 41.2 Å². The Hall–Kier alpha value is -3.40. The highest BCUT2D eigenvalue weighted by molar-refractivity contribution is 5.99. The summed E-state index contributed by atoms with van der Waals surface area (Å²) >= 11 is 0. The minimum atomic E-state index is 0.0490. The van der Waals surface area contributed by atoms with Crippen LogP contribution >= 0.6 is 0 Å². The Bertz CT molecular complexity index is 976. The fourth-order valence-corrected chi connectivity index (χ4v) is 3.99. The van der Waals surface area contributed by atoms with E-state index in [0.717, 1.165) is 24.1 Å². The molecule has 0 fully saturated rings. The number of carbonyl (C=O) groups excluding carboxylic acids is 2. The van der Waals surface area contributed by atoms with Crippen LogP contribution in [0.15, 0.2) is 78.9 Å². The first-order chi connectivity index (χ1) is 14.7. The summed E-state index contributed by atoms with van der Waals surface area (Å²) in [5.41, 5.74) is 5.53. The molecule has 4 heteroatoms. The summed E-state index contributed by atoms with van der Waals surface area (Å²) in [4.78, 5) is 23.9. The van der Waals surface area contributed by atoms with Crippen LogP contribution in [0.2, 0.25) is 0 Å². The SMILES string of the molecule is O=C(CCCc1ccc2c(c1)CC(=O)N2)NCC(c1ccccc1)c1ccccc1. The Morgan fingerprint density at radius 3 is 2.27 bits per heavy atom. The largest absolute Gasteiger partial charge is 0.355 e. The number of aryl methyl sites for hydroxylation is 1. The molecule has 4 rings (SSSR count). The van der Waals surface area contributed by atoms with Gasteiger partial charge in [-0.3, -0.25) is 9.59 Å². The van der Waals surface area contributed by atoms with Crippen LogP contribution in [0, 0.1) is 0 Å². The summed E-state index contributed by atoms with van der Waals surface area (Å²) in [6, 6.07) is 26.7. The van der Waals surface area contributed by atoms with E-state index >= 15 is 0 Å². The molecule has 0 atom stereocenters. The van der Waals surface area contributed by atoms with Crippen LogP contribution in [-0.4, -0.2) is 18.4 Å². The number of fused-ring (bicyclic) bond motifs is 1. The fourth-order valence-electron chi connectivity index (χ4n) is 3.99. The van der Waals surface area contributed by atoms with E-state index in [1.165, 1.54) is 16.7 Å². The first kappa shape index (κ1) is 19.9. The van der Waals surface area contributed by atoms with E-state index in [9.17, 15) is 9.59 Å². The van der Waals surface area contributed by atoms with Crippen LogP contribution in [0.4, 0.5) is 5.69 Å². The van der Waals surface area contributed by atoms with Crippen molar-refractivity contribution >= 4 is 17.5 Å². The van der Waals surface area contributed by atoms with E-state index in [1.54, 1.807) is 0 Å². The average Bonchev–Trinajstić information content (AvgIpc) is 3.15. The number of amides is 2. The molecule has 1 aliphatic heterocycles. The fraction of sp³-hybridized carbons (Fsp3) is 0.231. The first-order valence-corrected chi connectivity index (χ1v) is 10.5. The molecule has 0 radical (unpaired) electrons. The maximum absolute atomic E-state index is 12.5. The Balaban J connectivity index is 1.30. The van der Waals surface area contributed by atoms with Crippen molar-refractivity contribution in [2.75, 3.05) is 11.9 Å². The van der Waals surface area contributed by atoms with Crippen molar-refractivity contribution in [2.24, 2.45) is 0 Å². The highest BCUT2D eigenvalue weighted by Gasteiger charge is 2.18. The zero-order valence-electron chi connectivity index (χ0n) is 16.9. The second kappa shape index (κ2) is 9.40. The van der Waals surface area contributed by atoms with Gasteiger partial charge in [0.1, 0.15) is 0 Å². The Morgan fingerprint density at radius 1 is 0.933 bits per heavy atom. The molecule has 3 aromatic carbocycles. The lowest BCUT2D eigenvalue weighted by atomic mass is 9.91. The second-order valence-electron chi connectivity index (χ2n) is 7.75. The lowest BCUT2D eigenvalue weighted by Crippen LogP contribution is -2.28. The summed E-state index contributed by atoms with van der Waals surface area (Å²) in [5, 5.41) is 5.97. The van der Waals surface area contributed by atoms with Crippen LogP contribution in [-0.2, 0) is 22.4 Å². The summed E-state index contributed by atoms with van der Waals surface area (Å²) in [5.74, 6) is 0.260. The van der Waals surface area contributed by atoms with Crippen molar-refractivity contribution in [3.8, 4) is 0 Å². The minimum Gasteiger partial charge on any atom is -0.355 e. The third-order valence-corrected chi connectivity index (χ3v) is 5.57. The van der Waals surface area contributed by atoms with Gasteiger partial charge in [0.25, 0.3) is 0 Å².